The molecule has 4 rings (SSSR count). The normalized spacial score (nSPS) is 13.9. The van der Waals surface area contributed by atoms with Crippen LogP contribution < -0.4 is 16.0 Å². The van der Waals surface area contributed by atoms with Crippen molar-refractivity contribution in [3.8, 4) is 11.3 Å². The van der Waals surface area contributed by atoms with Crippen LogP contribution in [-0.4, -0.2) is 64.5 Å². The average molecular weight is 656 g/mol. The molecule has 0 spiro atoms. The third kappa shape index (κ3) is 9.74. The van der Waals surface area contributed by atoms with Gasteiger partial charge in [0.15, 0.2) is 0 Å². The van der Waals surface area contributed by atoms with E-state index in [0.717, 1.165) is 22.4 Å². The van der Waals surface area contributed by atoms with Crippen molar-refractivity contribution in [1.82, 2.24) is 26.1 Å². The zero-order chi connectivity index (χ0) is 34.8. The van der Waals surface area contributed by atoms with Gasteiger partial charge in [-0.15, -0.1) is 0 Å². The minimum absolute atomic E-state index is 0.0994. The third-order valence-corrected chi connectivity index (χ3v) is 8.18. The smallest absolute Gasteiger partial charge is 0.407 e. The molecule has 0 saturated heterocycles. The average Bonchev–Trinajstić information content (AvgIpc) is 3.40. The van der Waals surface area contributed by atoms with Crippen molar-refractivity contribution in [1.29, 1.82) is 0 Å². The lowest BCUT2D eigenvalue weighted by Gasteiger charge is -2.33. The van der Waals surface area contributed by atoms with Gasteiger partial charge in [0.1, 0.15) is 17.4 Å². The predicted molar refractivity (Wildman–Crippen MR) is 182 cm³/mol. The largest absolute Gasteiger partial charge is 0.453 e. The summed E-state index contributed by atoms with van der Waals surface area (Å²) in [5.74, 6) is -0.454. The van der Waals surface area contributed by atoms with Crippen LogP contribution >= 0.6 is 0 Å². The maximum Gasteiger partial charge on any atom is 0.407 e. The Morgan fingerprint density at radius 2 is 1.54 bits per heavy atom. The summed E-state index contributed by atoms with van der Waals surface area (Å²) >= 11 is 0. The molecule has 254 valence electrons. The van der Waals surface area contributed by atoms with E-state index in [1.54, 1.807) is 20.0 Å². The highest BCUT2D eigenvalue weighted by molar-refractivity contribution is 5.96. The van der Waals surface area contributed by atoms with Gasteiger partial charge in [0.05, 0.1) is 30.6 Å². The highest BCUT2D eigenvalue weighted by Gasteiger charge is 2.35. The van der Waals surface area contributed by atoms with Crippen LogP contribution in [0.2, 0.25) is 0 Å². The van der Waals surface area contributed by atoms with Gasteiger partial charge in [-0.25, -0.2) is 4.79 Å². The molecule has 0 bridgehead atoms. The van der Waals surface area contributed by atoms with Crippen LogP contribution in [-0.2, 0) is 22.4 Å². The Labute approximate surface area is 281 Å². The molecule has 2 aromatic carbocycles. The van der Waals surface area contributed by atoms with Gasteiger partial charge < -0.3 is 30.3 Å². The Bertz CT molecular complexity index is 1630. The molecule has 4 aromatic rings. The van der Waals surface area contributed by atoms with Gasteiger partial charge in [-0.3, -0.25) is 14.6 Å². The van der Waals surface area contributed by atoms with Gasteiger partial charge in [-0.05, 0) is 61.8 Å². The molecule has 0 unspecified atom stereocenters. The number of hydrogen-bond acceptors (Lipinski definition) is 8. The SMILES string of the molecule is COC(=O)N[C@H](C(=O)N[C@@H](Cc1ccc(-c2ccccn2)cc1)C[C@H](O)[C@H](Cc1ccccc1)NC(=O)c1c(C)noc1C)C(C)(C)C. The number of aromatic nitrogens is 2. The summed E-state index contributed by atoms with van der Waals surface area (Å²) in [5.41, 5.74) is 3.73. The number of carbonyl (C=O) groups excluding carboxylic acids is 3. The summed E-state index contributed by atoms with van der Waals surface area (Å²) in [6.45, 7) is 8.87. The topological polar surface area (TPSA) is 156 Å². The zero-order valence-electron chi connectivity index (χ0n) is 28.3. The standard InChI is InChI=1S/C37H45N5O6/c1-23-32(24(2)48-42-23)34(44)40-30(21-25-12-8-7-9-13-25)31(43)22-28(39-35(45)33(37(3,4)5)41-36(46)47-6)20-26-15-17-27(18-16-26)29-14-10-11-19-38-29/h7-19,28,30-31,33,43H,20-22H2,1-6H3,(H,39,45)(H,40,44)(H,41,46)/t28-,30-,31-,33+/m0/s1. The molecule has 0 radical (unpaired) electrons. The molecule has 3 amide bonds. The summed E-state index contributed by atoms with van der Waals surface area (Å²) in [6, 6.07) is 20.9. The Morgan fingerprint density at radius 3 is 2.12 bits per heavy atom. The quantitative estimate of drug-likeness (QED) is 0.158. The molecular weight excluding hydrogens is 610 g/mol. The van der Waals surface area contributed by atoms with Crippen LogP contribution in [0.3, 0.4) is 0 Å². The third-order valence-electron chi connectivity index (χ3n) is 8.18. The van der Waals surface area contributed by atoms with Crippen molar-refractivity contribution >= 4 is 17.9 Å². The van der Waals surface area contributed by atoms with Gasteiger partial charge in [0.25, 0.3) is 5.91 Å². The van der Waals surface area contributed by atoms with Gasteiger partial charge in [-0.2, -0.15) is 0 Å². The monoisotopic (exact) mass is 655 g/mol. The fraction of sp³-hybridized carbons (Fsp3) is 0.378. The lowest BCUT2D eigenvalue weighted by atomic mass is 9.85. The molecule has 2 aromatic heterocycles. The maximum atomic E-state index is 13.8. The molecule has 0 aliphatic rings. The lowest BCUT2D eigenvalue weighted by Crippen LogP contribution is -2.56. The van der Waals surface area contributed by atoms with E-state index in [1.807, 2.05) is 93.6 Å². The number of nitrogens with one attached hydrogen (secondary N) is 3. The Hall–Kier alpha value is -5.03. The number of nitrogens with zero attached hydrogens (tertiary/aromatic N) is 2. The number of methoxy groups -OCH3 is 1. The molecule has 0 aliphatic carbocycles. The van der Waals surface area contributed by atoms with Gasteiger partial charge in [-0.1, -0.05) is 86.6 Å². The number of alkyl carbamates (subject to hydrolysis) is 1. The number of carbonyl (C=O) groups is 3. The lowest BCUT2D eigenvalue weighted by molar-refractivity contribution is -0.126. The Kier molecular flexibility index (Phi) is 12.1. The highest BCUT2D eigenvalue weighted by Crippen LogP contribution is 2.23. The van der Waals surface area contributed by atoms with Crippen molar-refractivity contribution < 1.29 is 28.8 Å². The first-order valence-corrected chi connectivity index (χ1v) is 16.0. The first-order valence-electron chi connectivity index (χ1n) is 16.0. The summed E-state index contributed by atoms with van der Waals surface area (Å²) in [4.78, 5) is 43.8. The van der Waals surface area contributed by atoms with E-state index in [2.05, 4.69) is 26.1 Å². The highest BCUT2D eigenvalue weighted by atomic mass is 16.5. The van der Waals surface area contributed by atoms with E-state index in [9.17, 15) is 19.5 Å². The maximum absolute atomic E-state index is 13.8. The van der Waals surface area contributed by atoms with Gasteiger partial charge >= 0.3 is 6.09 Å². The second-order valence-corrected chi connectivity index (χ2v) is 13.0. The Morgan fingerprint density at radius 1 is 0.875 bits per heavy atom. The molecule has 48 heavy (non-hydrogen) atoms. The van der Waals surface area contributed by atoms with Crippen molar-refractivity contribution in [2.45, 2.75) is 78.1 Å². The molecule has 2 heterocycles. The number of rotatable bonds is 13. The van der Waals surface area contributed by atoms with E-state index < -0.39 is 47.6 Å². The van der Waals surface area contributed by atoms with Crippen molar-refractivity contribution in [2.24, 2.45) is 5.41 Å². The molecule has 4 N–H and O–H groups in total. The summed E-state index contributed by atoms with van der Waals surface area (Å²) < 4.78 is 9.99. The zero-order valence-corrected chi connectivity index (χ0v) is 28.3. The van der Waals surface area contributed by atoms with Crippen molar-refractivity contribution in [3.05, 3.63) is 107 Å². The van der Waals surface area contributed by atoms with Crippen LogP contribution in [0.5, 0.6) is 0 Å². The summed E-state index contributed by atoms with van der Waals surface area (Å²) in [6.07, 6.45) is 0.746. The molecule has 11 nitrogen and oxygen atoms in total. The van der Waals surface area contributed by atoms with Crippen LogP contribution in [0.4, 0.5) is 4.79 Å². The van der Waals surface area contributed by atoms with Crippen LogP contribution in [0.1, 0.15) is 60.1 Å². The Balaban J connectivity index is 1.62. The van der Waals surface area contributed by atoms with Crippen LogP contribution in [0, 0.1) is 19.3 Å². The minimum atomic E-state index is -1.07. The number of ether oxygens (including phenoxy) is 1. The second-order valence-electron chi connectivity index (χ2n) is 13.0. The minimum Gasteiger partial charge on any atom is -0.453 e. The van der Waals surface area contributed by atoms with Crippen LogP contribution in [0.15, 0.2) is 83.5 Å². The molecule has 0 fully saturated rings. The molecule has 0 saturated carbocycles. The summed E-state index contributed by atoms with van der Waals surface area (Å²) in [5, 5.41) is 24.4. The molecule has 4 atom stereocenters. The number of aryl methyl sites for hydroxylation is 2. The van der Waals surface area contributed by atoms with E-state index in [0.29, 0.717) is 29.9 Å². The number of pyridine rings is 1. The first-order chi connectivity index (χ1) is 22.8. The van der Waals surface area contributed by atoms with E-state index in [4.69, 9.17) is 9.26 Å². The molecule has 11 heteroatoms. The second kappa shape index (κ2) is 16.2. The number of aliphatic hydroxyl groups is 1. The van der Waals surface area contributed by atoms with Crippen LogP contribution in [0.25, 0.3) is 11.3 Å². The number of hydrogen-bond donors (Lipinski definition) is 4. The van der Waals surface area contributed by atoms with Gasteiger partial charge in [0.2, 0.25) is 5.91 Å². The van der Waals surface area contributed by atoms with E-state index in [-0.39, 0.29) is 6.42 Å². The predicted octanol–water partition coefficient (Wildman–Crippen LogP) is 4.94. The fourth-order valence-electron chi connectivity index (χ4n) is 5.61. The van der Waals surface area contributed by atoms with Gasteiger partial charge in [0, 0.05) is 17.8 Å². The molecular formula is C37H45N5O6. The van der Waals surface area contributed by atoms with E-state index in [1.165, 1.54) is 7.11 Å². The number of amides is 3. The number of aliphatic hydroxyl groups excluding tert-OH is 1. The summed E-state index contributed by atoms with van der Waals surface area (Å²) in [7, 11) is 1.24. The van der Waals surface area contributed by atoms with Crippen molar-refractivity contribution in [3.63, 3.8) is 0 Å². The van der Waals surface area contributed by atoms with Crippen molar-refractivity contribution in [2.75, 3.05) is 7.11 Å². The van der Waals surface area contributed by atoms with E-state index >= 15 is 0 Å². The first kappa shape index (κ1) is 35.8. The molecule has 0 aliphatic heterocycles. The fourth-order valence-corrected chi connectivity index (χ4v) is 5.61. The number of benzene rings is 2.